The molecule has 6 heteroatoms. The topological polar surface area (TPSA) is 70.2 Å². The fraction of sp³-hybridized carbons (Fsp3) is 0.611. The standard InChI is InChI=1S/C18H25N5O/c1-19-18(24)16-6-7-17(22-21-16)20-8-9-23-10-14-12-2-3-13(5-4-12)15(14)11-23/h2-3,6-7,12-15H,4-5,8-11H2,1H3,(H,19,24)(H,20,22). The van der Waals surface area contributed by atoms with Crippen LogP contribution >= 0.6 is 0 Å². The van der Waals surface area contributed by atoms with Crippen LogP contribution < -0.4 is 10.6 Å². The molecule has 4 unspecified atom stereocenters. The molecule has 3 aliphatic carbocycles. The summed E-state index contributed by atoms with van der Waals surface area (Å²) in [7, 11) is 1.59. The Bertz CT molecular complexity index is 607. The van der Waals surface area contributed by atoms with Crippen LogP contribution in [0.5, 0.6) is 0 Å². The van der Waals surface area contributed by atoms with Crippen LogP contribution in [0.1, 0.15) is 23.3 Å². The van der Waals surface area contributed by atoms with Gasteiger partial charge in [0.1, 0.15) is 5.82 Å². The molecule has 1 saturated heterocycles. The maximum atomic E-state index is 11.4. The number of likely N-dealkylation sites (tertiary alicyclic amines) is 1. The van der Waals surface area contributed by atoms with Gasteiger partial charge in [0.25, 0.3) is 5.91 Å². The van der Waals surface area contributed by atoms with Gasteiger partial charge < -0.3 is 15.5 Å². The fourth-order valence-corrected chi connectivity index (χ4v) is 4.62. The third-order valence-electron chi connectivity index (χ3n) is 5.89. The van der Waals surface area contributed by atoms with Gasteiger partial charge in [-0.05, 0) is 48.6 Å². The van der Waals surface area contributed by atoms with Crippen molar-refractivity contribution in [1.82, 2.24) is 20.4 Å². The summed E-state index contributed by atoms with van der Waals surface area (Å²) >= 11 is 0. The number of anilines is 1. The van der Waals surface area contributed by atoms with Crippen LogP contribution in [0.25, 0.3) is 0 Å². The van der Waals surface area contributed by atoms with Crippen molar-refractivity contribution < 1.29 is 4.79 Å². The van der Waals surface area contributed by atoms with Gasteiger partial charge in [-0.15, -0.1) is 10.2 Å². The summed E-state index contributed by atoms with van der Waals surface area (Å²) in [5.41, 5.74) is 0.342. The molecule has 1 saturated carbocycles. The molecule has 0 spiro atoms. The van der Waals surface area contributed by atoms with Gasteiger partial charge in [-0.2, -0.15) is 0 Å². The molecule has 24 heavy (non-hydrogen) atoms. The zero-order valence-corrected chi connectivity index (χ0v) is 14.1. The second kappa shape index (κ2) is 6.51. The Hall–Kier alpha value is -1.95. The highest BCUT2D eigenvalue weighted by Gasteiger charge is 2.45. The Labute approximate surface area is 142 Å². The first kappa shape index (κ1) is 15.6. The molecule has 4 atom stereocenters. The molecular formula is C18H25N5O. The number of rotatable bonds is 5. The molecule has 128 valence electrons. The van der Waals surface area contributed by atoms with Crippen molar-refractivity contribution in [3.05, 3.63) is 30.0 Å². The fourth-order valence-electron chi connectivity index (χ4n) is 4.62. The zero-order valence-electron chi connectivity index (χ0n) is 14.1. The summed E-state index contributed by atoms with van der Waals surface area (Å²) in [5, 5.41) is 13.9. The van der Waals surface area contributed by atoms with E-state index in [2.05, 4.69) is 37.9 Å². The van der Waals surface area contributed by atoms with E-state index in [1.165, 1.54) is 25.9 Å². The number of amides is 1. The van der Waals surface area contributed by atoms with Gasteiger partial charge in [-0.1, -0.05) is 12.2 Å². The number of fused-ring (bicyclic) bond motifs is 1. The lowest BCUT2D eigenvalue weighted by atomic mass is 9.64. The molecule has 2 bridgehead atoms. The number of hydrogen-bond acceptors (Lipinski definition) is 5. The van der Waals surface area contributed by atoms with E-state index in [-0.39, 0.29) is 5.91 Å². The average Bonchev–Trinajstić information content (AvgIpc) is 3.09. The Morgan fingerprint density at radius 1 is 1.17 bits per heavy atom. The first-order valence-corrected chi connectivity index (χ1v) is 8.95. The molecule has 2 fully saturated rings. The van der Waals surface area contributed by atoms with Gasteiger partial charge in [0.2, 0.25) is 0 Å². The number of carbonyl (C=O) groups excluding carboxylic acids is 1. The normalized spacial score (nSPS) is 31.0. The SMILES string of the molecule is CNC(=O)c1ccc(NCCN2CC3C4C=CC(CC4)C3C2)nn1. The van der Waals surface area contributed by atoms with E-state index in [1.54, 1.807) is 13.1 Å². The largest absolute Gasteiger partial charge is 0.367 e. The van der Waals surface area contributed by atoms with Crippen molar-refractivity contribution in [3.63, 3.8) is 0 Å². The monoisotopic (exact) mass is 327 g/mol. The van der Waals surface area contributed by atoms with E-state index in [0.717, 1.165) is 42.6 Å². The smallest absolute Gasteiger partial charge is 0.271 e. The molecule has 2 N–H and O–H groups in total. The van der Waals surface area contributed by atoms with Gasteiger partial charge >= 0.3 is 0 Å². The predicted octanol–water partition coefficient (Wildman–Crippen LogP) is 1.39. The van der Waals surface area contributed by atoms with Crippen LogP contribution in [-0.2, 0) is 0 Å². The molecule has 1 amide bonds. The maximum Gasteiger partial charge on any atom is 0.271 e. The molecule has 0 radical (unpaired) electrons. The van der Waals surface area contributed by atoms with Crippen molar-refractivity contribution in [3.8, 4) is 0 Å². The minimum absolute atomic E-state index is 0.211. The Morgan fingerprint density at radius 2 is 1.88 bits per heavy atom. The molecule has 1 aliphatic heterocycles. The molecule has 2 heterocycles. The molecule has 5 rings (SSSR count). The summed E-state index contributed by atoms with van der Waals surface area (Å²) < 4.78 is 0. The number of hydrogen-bond donors (Lipinski definition) is 2. The van der Waals surface area contributed by atoms with Crippen LogP contribution in [-0.4, -0.2) is 54.2 Å². The summed E-state index contributed by atoms with van der Waals surface area (Å²) in [4.78, 5) is 14.0. The third-order valence-corrected chi connectivity index (χ3v) is 5.89. The number of nitrogens with zero attached hydrogens (tertiary/aromatic N) is 3. The third kappa shape index (κ3) is 2.90. The Kier molecular flexibility index (Phi) is 4.22. The van der Waals surface area contributed by atoms with Crippen LogP contribution in [0.15, 0.2) is 24.3 Å². The summed E-state index contributed by atoms with van der Waals surface area (Å²) in [6, 6.07) is 3.51. The van der Waals surface area contributed by atoms with E-state index < -0.39 is 0 Å². The Morgan fingerprint density at radius 3 is 2.42 bits per heavy atom. The van der Waals surface area contributed by atoms with Crippen molar-refractivity contribution in [2.45, 2.75) is 12.8 Å². The number of carbonyl (C=O) groups is 1. The van der Waals surface area contributed by atoms with Gasteiger partial charge in [0.05, 0.1) is 0 Å². The van der Waals surface area contributed by atoms with Crippen molar-refractivity contribution in [1.29, 1.82) is 0 Å². The zero-order chi connectivity index (χ0) is 16.5. The lowest BCUT2D eigenvalue weighted by molar-refractivity contribution is 0.0957. The molecular weight excluding hydrogens is 302 g/mol. The Balaban J connectivity index is 1.26. The minimum Gasteiger partial charge on any atom is -0.367 e. The second-order valence-electron chi connectivity index (χ2n) is 7.19. The van der Waals surface area contributed by atoms with Gasteiger partial charge in [-0.25, -0.2) is 0 Å². The van der Waals surface area contributed by atoms with Crippen molar-refractivity contribution >= 4 is 11.7 Å². The lowest BCUT2D eigenvalue weighted by Crippen LogP contribution is -2.35. The highest BCUT2D eigenvalue weighted by molar-refractivity contribution is 5.91. The van der Waals surface area contributed by atoms with Crippen LogP contribution in [0, 0.1) is 23.7 Å². The van der Waals surface area contributed by atoms with E-state index in [1.807, 2.05) is 6.07 Å². The van der Waals surface area contributed by atoms with Gasteiger partial charge in [0, 0.05) is 33.2 Å². The summed E-state index contributed by atoms with van der Waals surface area (Å²) in [6.45, 7) is 4.36. The van der Waals surface area contributed by atoms with Gasteiger partial charge in [-0.3, -0.25) is 4.79 Å². The minimum atomic E-state index is -0.211. The maximum absolute atomic E-state index is 11.4. The van der Waals surface area contributed by atoms with Crippen LogP contribution in [0.2, 0.25) is 0 Å². The molecule has 1 aromatic rings. The molecule has 6 nitrogen and oxygen atoms in total. The molecule has 1 aromatic heterocycles. The van der Waals surface area contributed by atoms with E-state index in [0.29, 0.717) is 5.69 Å². The lowest BCUT2D eigenvalue weighted by Gasteiger charge is -2.40. The van der Waals surface area contributed by atoms with Gasteiger partial charge in [0.15, 0.2) is 5.69 Å². The van der Waals surface area contributed by atoms with Crippen molar-refractivity contribution in [2.75, 3.05) is 38.5 Å². The van der Waals surface area contributed by atoms with E-state index in [4.69, 9.17) is 0 Å². The number of aromatic nitrogens is 2. The molecule has 4 aliphatic rings. The molecule has 0 aromatic carbocycles. The first-order valence-electron chi connectivity index (χ1n) is 8.95. The predicted molar refractivity (Wildman–Crippen MR) is 92.7 cm³/mol. The second-order valence-corrected chi connectivity index (χ2v) is 7.19. The quantitative estimate of drug-likeness (QED) is 0.800. The average molecular weight is 327 g/mol. The highest BCUT2D eigenvalue weighted by atomic mass is 16.1. The number of allylic oxidation sites excluding steroid dienone is 2. The van der Waals surface area contributed by atoms with E-state index in [9.17, 15) is 4.79 Å². The number of nitrogens with one attached hydrogen (secondary N) is 2. The van der Waals surface area contributed by atoms with Crippen LogP contribution in [0.4, 0.5) is 5.82 Å². The highest BCUT2D eigenvalue weighted by Crippen LogP contribution is 2.48. The first-order chi connectivity index (χ1) is 11.7. The van der Waals surface area contributed by atoms with E-state index >= 15 is 0 Å². The summed E-state index contributed by atoms with van der Waals surface area (Å²) in [6.07, 6.45) is 7.73. The van der Waals surface area contributed by atoms with Crippen molar-refractivity contribution in [2.24, 2.45) is 23.7 Å². The summed E-state index contributed by atoms with van der Waals surface area (Å²) in [5.74, 6) is 3.90. The van der Waals surface area contributed by atoms with Crippen LogP contribution in [0.3, 0.4) is 0 Å².